The molecule has 0 fully saturated rings. The van der Waals surface area contributed by atoms with Gasteiger partial charge in [0.1, 0.15) is 60.9 Å². The van der Waals surface area contributed by atoms with Crippen LogP contribution in [0.4, 0.5) is 17.6 Å². The molecule has 10 atom stereocenters. The number of aromatic hydroxyl groups is 1. The van der Waals surface area contributed by atoms with Gasteiger partial charge in [-0.15, -0.1) is 0 Å². The first kappa shape index (κ1) is 87.8. The van der Waals surface area contributed by atoms with Crippen LogP contribution in [0.15, 0.2) is 9.98 Å². The van der Waals surface area contributed by atoms with Crippen LogP contribution in [0.5, 0.6) is 5.75 Å². The molecule has 40 nitrogen and oxygen atoms in total. The lowest BCUT2D eigenvalue weighted by atomic mass is 10.0. The van der Waals surface area contributed by atoms with Crippen molar-refractivity contribution in [1.82, 2.24) is 53.2 Å². The number of rotatable bonds is 48. The molecule has 27 N–H and O–H groups in total. The Morgan fingerprint density at radius 1 is 0.376 bits per heavy atom. The average Bonchev–Trinajstić information content (AvgIpc) is 0.793. The molecule has 0 spiro atoms. The average molecular weight is 1450 g/mol. The van der Waals surface area contributed by atoms with Crippen molar-refractivity contribution in [3.63, 3.8) is 0 Å². The Kier molecular flexibility index (Phi) is 38.2. The van der Waals surface area contributed by atoms with E-state index in [1.807, 2.05) is 16.0 Å². The fourth-order valence-electron chi connectivity index (χ4n) is 8.94. The van der Waals surface area contributed by atoms with Crippen molar-refractivity contribution < 1.29 is 130 Å². The molecule has 0 aromatic heterocycles. The first-order valence-corrected chi connectivity index (χ1v) is 30.8. The van der Waals surface area contributed by atoms with E-state index in [0.717, 1.165) is 6.92 Å². The van der Waals surface area contributed by atoms with Crippen LogP contribution in [0.2, 0.25) is 0 Å². The molecule has 0 heterocycles. The number of nitrogens with two attached hydrogens (primary N) is 5. The van der Waals surface area contributed by atoms with Crippen molar-refractivity contribution in [3.8, 4) is 5.75 Å². The number of amides is 10. The summed E-state index contributed by atoms with van der Waals surface area (Å²) >= 11 is 0. The SMILES string of the molecule is CC(C)C[C@H](NC(=O)[C@H](CCCN=C(N)N)NC(=O)[C@@H](N)CCCN=C(N)N)C(=O)N[C@@H](CCC(=O)O)C(=O)N[C@@H](CCC(=O)O)C(=O)N[C@@H](CCC(=O)O)C(=O)N[C@@H](CCC(=O)O)C(=O)N[C@@H](CCC(=O)O)C(=O)N[C@@H](C)C(=O)N[C@@H](Cc1c(F)c(F)c(O)c(F)c1F)C(=O)NCC(=O)O. The first-order chi connectivity index (χ1) is 47.1. The van der Waals surface area contributed by atoms with Gasteiger partial charge >= 0.3 is 35.8 Å². The van der Waals surface area contributed by atoms with Crippen LogP contribution in [0.3, 0.4) is 0 Å². The second-order valence-electron chi connectivity index (χ2n) is 22.9. The number of carboxylic acid groups (broad SMARTS) is 6. The highest BCUT2D eigenvalue weighted by atomic mass is 19.2. The van der Waals surface area contributed by atoms with Crippen molar-refractivity contribution in [2.24, 2.45) is 44.6 Å². The monoisotopic (exact) mass is 1450 g/mol. The fraction of sp³-hybridized carbons (Fsp3) is 0.579. The van der Waals surface area contributed by atoms with E-state index in [9.17, 15) is 125 Å². The highest BCUT2D eigenvalue weighted by molar-refractivity contribution is 5.99. The number of carboxylic acids is 6. The minimum atomic E-state index is -2.33. The van der Waals surface area contributed by atoms with E-state index in [1.54, 1.807) is 19.2 Å². The highest BCUT2D eigenvalue weighted by Crippen LogP contribution is 2.30. The van der Waals surface area contributed by atoms with Crippen molar-refractivity contribution in [1.29, 1.82) is 0 Å². The number of aliphatic imine (C=N–C) groups is 2. The zero-order valence-electron chi connectivity index (χ0n) is 54.7. The summed E-state index contributed by atoms with van der Waals surface area (Å²) in [6.45, 7) is 2.97. The van der Waals surface area contributed by atoms with E-state index in [2.05, 4.69) is 41.9 Å². The Bertz CT molecular complexity index is 3220. The maximum Gasteiger partial charge on any atom is 0.322 e. The van der Waals surface area contributed by atoms with Crippen molar-refractivity contribution in [2.45, 2.75) is 184 Å². The molecule has 0 aliphatic rings. The summed E-state index contributed by atoms with van der Waals surface area (Å²) in [6.07, 6.45) is -10.6. The topological polar surface area (TPSA) is 690 Å². The number of carbonyl (C=O) groups is 16. The number of hydrogen-bond acceptors (Lipinski definition) is 20. The number of phenols is 1. The molecule has 0 bridgehead atoms. The standard InChI is InChI=1S/C57H85F4N17O23/c1-23(2)20-33(78-50(96)27(7-5-19-68-57(65)66)71-47(93)26(62)6-4-18-67-56(63)64)55(101)76-32(12-17-39(87)88)54(100)75-31(11-16-38(85)86)53(99)74-30(10-15-37(83)84)52(98)73-29(9-14-36(81)82)51(97)72-28(8-13-35(79)80)49(95)70-24(3)46(92)77-34(48(94)69-22-40(89)90)21-25-41(58)43(60)45(91)44(61)42(25)59/h23-24,26-34,91H,4-22,62H2,1-3H3,(H,69,94)(H,70,95)(H,71,93)(H,72,97)(H,73,98)(H,74,99)(H,75,100)(H,76,101)(H,77,92)(H,78,96)(H,79,80)(H,81,82)(H,83,84)(H,85,86)(H,87,88)(H,89,90)(H4,63,64,67)(H4,65,66,68)/t24-,26-,27-,28-,29-,30-,31-,32-,33-,34-/m0/s1. The van der Waals surface area contributed by atoms with Crippen LogP contribution in [0, 0.1) is 29.2 Å². The van der Waals surface area contributed by atoms with Crippen LogP contribution in [0.1, 0.15) is 123 Å². The minimum Gasteiger partial charge on any atom is -0.503 e. The quantitative estimate of drug-likeness (QED) is 0.00949. The second-order valence-corrected chi connectivity index (χ2v) is 22.9. The number of aliphatic carboxylic acids is 6. The van der Waals surface area contributed by atoms with Crippen LogP contribution in [-0.2, 0) is 83.1 Å². The number of carbonyl (C=O) groups excluding carboxylic acids is 10. The Hall–Kier alpha value is -11.2. The molecule has 0 radical (unpaired) electrons. The van der Waals surface area contributed by atoms with Gasteiger partial charge in [-0.25, -0.2) is 8.78 Å². The molecule has 10 amide bonds. The van der Waals surface area contributed by atoms with Crippen LogP contribution >= 0.6 is 0 Å². The van der Waals surface area contributed by atoms with Gasteiger partial charge in [0.05, 0.1) is 6.04 Å². The van der Waals surface area contributed by atoms with Gasteiger partial charge in [0.25, 0.3) is 0 Å². The lowest BCUT2D eigenvalue weighted by molar-refractivity contribution is -0.141. The molecule has 1 rings (SSSR count). The lowest BCUT2D eigenvalue weighted by Gasteiger charge is -2.28. The van der Waals surface area contributed by atoms with Crippen LogP contribution < -0.4 is 81.8 Å². The number of halogens is 4. The van der Waals surface area contributed by atoms with Crippen molar-refractivity contribution in [3.05, 3.63) is 28.8 Å². The zero-order valence-corrected chi connectivity index (χ0v) is 54.7. The summed E-state index contributed by atoms with van der Waals surface area (Å²) in [6, 6.07) is -18.9. The molecule has 101 heavy (non-hydrogen) atoms. The summed E-state index contributed by atoms with van der Waals surface area (Å²) in [7, 11) is 0. The third-order valence-corrected chi connectivity index (χ3v) is 14.2. The third kappa shape index (κ3) is 33.7. The molecule has 1 aromatic carbocycles. The van der Waals surface area contributed by atoms with Crippen LogP contribution in [-0.4, -0.2) is 223 Å². The maximum absolute atomic E-state index is 14.8. The van der Waals surface area contributed by atoms with Gasteiger partial charge < -0.3 is 118 Å². The van der Waals surface area contributed by atoms with E-state index in [4.69, 9.17) is 33.8 Å². The largest absolute Gasteiger partial charge is 0.503 e. The van der Waals surface area contributed by atoms with Gasteiger partial charge in [0, 0.05) is 57.2 Å². The molecule has 0 saturated heterocycles. The summed E-state index contributed by atoms with van der Waals surface area (Å²) < 4.78 is 58.1. The number of nitrogens with one attached hydrogen (secondary N) is 10. The molecule has 1 aromatic rings. The Balaban J connectivity index is 3.72. The van der Waals surface area contributed by atoms with Crippen molar-refractivity contribution >= 4 is 107 Å². The number of hydrogen-bond donors (Lipinski definition) is 22. The number of nitrogens with zero attached hydrogens (tertiary/aromatic N) is 2. The van der Waals surface area contributed by atoms with E-state index >= 15 is 0 Å². The number of benzene rings is 1. The molecular weight excluding hydrogens is 1370 g/mol. The number of phenolic OH excluding ortho intramolecular Hbond substituents is 1. The van der Waals surface area contributed by atoms with E-state index in [0.29, 0.717) is 0 Å². The summed E-state index contributed by atoms with van der Waals surface area (Å²) in [4.78, 5) is 216. The van der Waals surface area contributed by atoms with Crippen molar-refractivity contribution in [2.75, 3.05) is 19.6 Å². The van der Waals surface area contributed by atoms with Gasteiger partial charge in [0.15, 0.2) is 29.3 Å². The Morgan fingerprint density at radius 2 is 0.673 bits per heavy atom. The summed E-state index contributed by atoms with van der Waals surface area (Å²) in [5.74, 6) is -35.3. The summed E-state index contributed by atoms with van der Waals surface area (Å²) in [5, 5.41) is 87.6. The zero-order chi connectivity index (χ0) is 77.1. The molecular formula is C57H85F4N17O23. The van der Waals surface area contributed by atoms with Gasteiger partial charge in [-0.2, -0.15) is 8.78 Å². The van der Waals surface area contributed by atoms with E-state index in [1.165, 1.54) is 0 Å². The van der Waals surface area contributed by atoms with E-state index < -0.39 is 273 Å². The molecule has 0 aliphatic carbocycles. The third-order valence-electron chi connectivity index (χ3n) is 14.2. The molecule has 0 aliphatic heterocycles. The molecule has 564 valence electrons. The lowest BCUT2D eigenvalue weighted by Crippen LogP contribution is -2.60. The first-order valence-electron chi connectivity index (χ1n) is 30.8. The van der Waals surface area contributed by atoms with Gasteiger partial charge in [-0.3, -0.25) is 86.7 Å². The molecule has 0 saturated carbocycles. The Labute approximate surface area is 571 Å². The van der Waals surface area contributed by atoms with Gasteiger partial charge in [-0.1, -0.05) is 13.8 Å². The smallest absolute Gasteiger partial charge is 0.322 e. The Morgan fingerprint density at radius 3 is 1.00 bits per heavy atom. The van der Waals surface area contributed by atoms with Crippen LogP contribution in [0.25, 0.3) is 0 Å². The van der Waals surface area contributed by atoms with Gasteiger partial charge in [0.2, 0.25) is 70.7 Å². The predicted octanol–water partition coefficient (Wildman–Crippen LogP) is -6.12. The molecule has 0 unspecified atom stereocenters. The normalized spacial score (nSPS) is 13.9. The predicted molar refractivity (Wildman–Crippen MR) is 337 cm³/mol. The maximum atomic E-state index is 14.8. The second kappa shape index (κ2) is 43.9. The number of guanidine groups is 2. The van der Waals surface area contributed by atoms with E-state index in [-0.39, 0.29) is 57.1 Å². The summed E-state index contributed by atoms with van der Waals surface area (Å²) in [5.41, 5.74) is 26.0. The van der Waals surface area contributed by atoms with Gasteiger partial charge in [-0.05, 0) is 77.0 Å². The minimum absolute atomic E-state index is 0.0282. The highest BCUT2D eigenvalue weighted by Gasteiger charge is 2.38. The molecule has 44 heteroatoms. The fourth-order valence-corrected chi connectivity index (χ4v) is 8.94.